The zero-order valence-corrected chi connectivity index (χ0v) is 6.45. The first-order chi connectivity index (χ1) is 5.38. The van der Waals surface area contributed by atoms with Crippen LogP contribution in [0.2, 0.25) is 0 Å². The summed E-state index contributed by atoms with van der Waals surface area (Å²) in [6, 6.07) is 0. The topological polar surface area (TPSA) is 26.3 Å². The van der Waals surface area contributed by atoms with Crippen LogP contribution in [0.5, 0.6) is 0 Å². The molecule has 0 radical (unpaired) electrons. The van der Waals surface area contributed by atoms with Crippen molar-refractivity contribution in [3.05, 3.63) is 12.2 Å². The SMILES string of the molecule is O=C1OCC[C@@H]2C=CCC[C@H]12. The molecule has 0 spiro atoms. The number of fused-ring (bicyclic) bond motifs is 1. The molecule has 1 saturated heterocycles. The number of hydrogen-bond acceptors (Lipinski definition) is 2. The fraction of sp³-hybridized carbons (Fsp3) is 0.667. The molecule has 0 unspecified atom stereocenters. The normalized spacial score (nSPS) is 36.2. The fourth-order valence-electron chi connectivity index (χ4n) is 1.89. The number of carbonyl (C=O) groups excluding carboxylic acids is 1. The van der Waals surface area contributed by atoms with Gasteiger partial charge >= 0.3 is 5.97 Å². The predicted octanol–water partition coefficient (Wildman–Crippen LogP) is 1.52. The van der Waals surface area contributed by atoms with Crippen LogP contribution in [0.4, 0.5) is 0 Å². The van der Waals surface area contributed by atoms with Crippen LogP contribution in [0.1, 0.15) is 19.3 Å². The third-order valence-electron chi connectivity index (χ3n) is 2.54. The molecule has 1 aliphatic carbocycles. The fourth-order valence-corrected chi connectivity index (χ4v) is 1.89. The highest BCUT2D eigenvalue weighted by Gasteiger charge is 2.32. The smallest absolute Gasteiger partial charge is 0.309 e. The quantitative estimate of drug-likeness (QED) is 0.388. The van der Waals surface area contributed by atoms with Crippen molar-refractivity contribution in [3.63, 3.8) is 0 Å². The van der Waals surface area contributed by atoms with E-state index in [1.165, 1.54) is 0 Å². The molecular weight excluding hydrogens is 140 g/mol. The van der Waals surface area contributed by atoms with Crippen molar-refractivity contribution in [1.29, 1.82) is 0 Å². The largest absolute Gasteiger partial charge is 0.465 e. The van der Waals surface area contributed by atoms with Crippen molar-refractivity contribution < 1.29 is 9.53 Å². The maximum atomic E-state index is 11.2. The summed E-state index contributed by atoms with van der Waals surface area (Å²) < 4.78 is 4.97. The van der Waals surface area contributed by atoms with E-state index in [9.17, 15) is 4.79 Å². The first kappa shape index (κ1) is 6.89. The van der Waals surface area contributed by atoms with Gasteiger partial charge in [0.2, 0.25) is 0 Å². The van der Waals surface area contributed by atoms with Crippen LogP contribution in [-0.4, -0.2) is 12.6 Å². The molecule has 0 aromatic carbocycles. The number of hydrogen-bond donors (Lipinski definition) is 0. The molecule has 2 heteroatoms. The molecule has 1 fully saturated rings. The summed E-state index contributed by atoms with van der Waals surface area (Å²) in [6.07, 6.45) is 7.40. The summed E-state index contributed by atoms with van der Waals surface area (Å²) in [6.45, 7) is 0.615. The van der Waals surface area contributed by atoms with Crippen LogP contribution in [-0.2, 0) is 9.53 Å². The van der Waals surface area contributed by atoms with Gasteiger partial charge in [-0.05, 0) is 25.2 Å². The van der Waals surface area contributed by atoms with Gasteiger partial charge in [-0.1, -0.05) is 12.2 Å². The van der Waals surface area contributed by atoms with E-state index >= 15 is 0 Å². The number of cyclic esters (lactones) is 1. The van der Waals surface area contributed by atoms with Gasteiger partial charge in [-0.3, -0.25) is 4.79 Å². The molecule has 2 rings (SSSR count). The summed E-state index contributed by atoms with van der Waals surface area (Å²) in [5.41, 5.74) is 0. The summed E-state index contributed by atoms with van der Waals surface area (Å²) in [4.78, 5) is 11.2. The minimum Gasteiger partial charge on any atom is -0.465 e. The molecule has 0 aromatic heterocycles. The molecular formula is C9H12O2. The van der Waals surface area contributed by atoms with Crippen molar-refractivity contribution in [2.24, 2.45) is 11.8 Å². The Balaban J connectivity index is 2.15. The van der Waals surface area contributed by atoms with E-state index in [1.54, 1.807) is 0 Å². The van der Waals surface area contributed by atoms with E-state index in [-0.39, 0.29) is 11.9 Å². The summed E-state index contributed by atoms with van der Waals surface area (Å²) >= 11 is 0. The standard InChI is InChI=1S/C9H12O2/c10-9-8-4-2-1-3-7(8)5-6-11-9/h1,3,7-8H,2,4-6H2/t7-,8-/m0/s1. The van der Waals surface area contributed by atoms with Crippen LogP contribution in [0, 0.1) is 11.8 Å². The minimum absolute atomic E-state index is 0.0191. The Labute approximate surface area is 66.2 Å². The molecule has 2 aliphatic rings. The van der Waals surface area contributed by atoms with E-state index in [1.807, 2.05) is 0 Å². The second kappa shape index (κ2) is 2.68. The molecule has 60 valence electrons. The lowest BCUT2D eigenvalue weighted by molar-refractivity contribution is -0.155. The van der Waals surface area contributed by atoms with Crippen molar-refractivity contribution in [3.8, 4) is 0 Å². The number of allylic oxidation sites excluding steroid dienone is 2. The molecule has 0 amide bonds. The van der Waals surface area contributed by atoms with Crippen molar-refractivity contribution in [2.75, 3.05) is 6.61 Å². The third kappa shape index (κ3) is 1.17. The Morgan fingerprint density at radius 2 is 2.36 bits per heavy atom. The Hall–Kier alpha value is -0.790. The number of ether oxygens (including phenoxy) is 1. The zero-order valence-electron chi connectivity index (χ0n) is 6.45. The molecule has 0 saturated carbocycles. The number of carbonyl (C=O) groups is 1. The summed E-state index contributed by atoms with van der Waals surface area (Å²) in [7, 11) is 0. The van der Waals surface area contributed by atoms with Crippen LogP contribution in [0.25, 0.3) is 0 Å². The highest BCUT2D eigenvalue weighted by atomic mass is 16.5. The van der Waals surface area contributed by atoms with Crippen LogP contribution in [0.15, 0.2) is 12.2 Å². The Morgan fingerprint density at radius 3 is 3.18 bits per heavy atom. The first-order valence-electron chi connectivity index (χ1n) is 4.21. The van der Waals surface area contributed by atoms with Crippen molar-refractivity contribution in [1.82, 2.24) is 0 Å². The molecule has 2 nitrogen and oxygen atoms in total. The van der Waals surface area contributed by atoms with Gasteiger partial charge in [-0.15, -0.1) is 0 Å². The van der Waals surface area contributed by atoms with E-state index in [2.05, 4.69) is 12.2 Å². The maximum Gasteiger partial charge on any atom is 0.309 e. The Bertz CT molecular complexity index is 196. The van der Waals surface area contributed by atoms with Gasteiger partial charge in [0.1, 0.15) is 0 Å². The average molecular weight is 152 g/mol. The summed E-state index contributed by atoms with van der Waals surface area (Å²) in [5, 5.41) is 0. The second-order valence-electron chi connectivity index (χ2n) is 3.23. The van der Waals surface area contributed by atoms with Gasteiger partial charge < -0.3 is 4.74 Å². The zero-order chi connectivity index (χ0) is 7.68. The molecule has 0 N–H and O–H groups in total. The second-order valence-corrected chi connectivity index (χ2v) is 3.23. The number of esters is 1. The lowest BCUT2D eigenvalue weighted by Gasteiger charge is -2.30. The molecule has 0 bridgehead atoms. The Morgan fingerprint density at radius 1 is 1.45 bits per heavy atom. The van der Waals surface area contributed by atoms with Gasteiger partial charge in [0.25, 0.3) is 0 Å². The van der Waals surface area contributed by atoms with Crippen molar-refractivity contribution >= 4 is 5.97 Å². The minimum atomic E-state index is 0.0191. The Kier molecular flexibility index (Phi) is 1.68. The molecule has 1 heterocycles. The van der Waals surface area contributed by atoms with E-state index in [4.69, 9.17) is 4.74 Å². The van der Waals surface area contributed by atoms with Gasteiger partial charge in [-0.25, -0.2) is 0 Å². The predicted molar refractivity (Wildman–Crippen MR) is 40.9 cm³/mol. The average Bonchev–Trinajstić information content (AvgIpc) is 2.06. The summed E-state index contributed by atoms with van der Waals surface area (Å²) in [5.74, 6) is 0.671. The van der Waals surface area contributed by atoms with Crippen LogP contribution < -0.4 is 0 Å². The lowest BCUT2D eigenvalue weighted by Crippen LogP contribution is -2.32. The van der Waals surface area contributed by atoms with Crippen LogP contribution >= 0.6 is 0 Å². The highest BCUT2D eigenvalue weighted by molar-refractivity contribution is 5.74. The molecule has 2 atom stereocenters. The monoisotopic (exact) mass is 152 g/mol. The molecule has 11 heavy (non-hydrogen) atoms. The van der Waals surface area contributed by atoms with Gasteiger partial charge in [0, 0.05) is 0 Å². The van der Waals surface area contributed by atoms with Gasteiger partial charge in [-0.2, -0.15) is 0 Å². The van der Waals surface area contributed by atoms with E-state index in [0.29, 0.717) is 12.5 Å². The van der Waals surface area contributed by atoms with E-state index < -0.39 is 0 Å². The number of rotatable bonds is 0. The molecule has 0 aromatic rings. The van der Waals surface area contributed by atoms with Gasteiger partial charge in [0.15, 0.2) is 0 Å². The first-order valence-corrected chi connectivity index (χ1v) is 4.21. The van der Waals surface area contributed by atoms with Gasteiger partial charge in [0.05, 0.1) is 12.5 Å². The third-order valence-corrected chi connectivity index (χ3v) is 2.54. The maximum absolute atomic E-state index is 11.2. The molecule has 1 aliphatic heterocycles. The lowest BCUT2D eigenvalue weighted by atomic mass is 9.81. The van der Waals surface area contributed by atoms with E-state index in [0.717, 1.165) is 19.3 Å². The van der Waals surface area contributed by atoms with Crippen LogP contribution in [0.3, 0.4) is 0 Å². The van der Waals surface area contributed by atoms with Crippen molar-refractivity contribution in [2.45, 2.75) is 19.3 Å². The highest BCUT2D eigenvalue weighted by Crippen LogP contribution is 2.31.